The number of benzene rings is 1. The lowest BCUT2D eigenvalue weighted by atomic mass is 9.82. The van der Waals surface area contributed by atoms with Gasteiger partial charge in [0.15, 0.2) is 0 Å². The highest BCUT2D eigenvalue weighted by Crippen LogP contribution is 2.31. The number of anilines is 1. The largest absolute Gasteiger partial charge is 0.315 e. The zero-order valence-corrected chi connectivity index (χ0v) is 13.4. The van der Waals surface area contributed by atoms with Crippen LogP contribution in [0.1, 0.15) is 31.4 Å². The minimum Gasteiger partial charge on any atom is -0.315 e. The highest BCUT2D eigenvalue weighted by atomic mass is 79.9. The van der Waals surface area contributed by atoms with Crippen molar-refractivity contribution in [2.45, 2.75) is 32.1 Å². The number of amides is 1. The van der Waals surface area contributed by atoms with Gasteiger partial charge in [0.1, 0.15) is 0 Å². The molecule has 0 fully saturated rings. The Balaban J connectivity index is 2.29. The van der Waals surface area contributed by atoms with Crippen LogP contribution in [0.3, 0.4) is 0 Å². The third-order valence-electron chi connectivity index (χ3n) is 3.87. The first-order chi connectivity index (χ1) is 8.95. The number of carbonyl (C=O) groups excluding carboxylic acids is 1. The Kier molecular flexibility index (Phi) is 4.31. The molecular weight excluding hydrogens is 304 g/mol. The normalized spacial score (nSPS) is 15.6. The number of carbonyl (C=O) groups is 1. The smallest absolute Gasteiger partial charge is 0.227 e. The highest BCUT2D eigenvalue weighted by Gasteiger charge is 2.25. The van der Waals surface area contributed by atoms with Gasteiger partial charge in [0.2, 0.25) is 5.91 Å². The quantitative estimate of drug-likeness (QED) is 0.682. The maximum Gasteiger partial charge on any atom is 0.227 e. The van der Waals surface area contributed by atoms with Crippen molar-refractivity contribution < 1.29 is 4.79 Å². The number of aryl methyl sites for hydroxylation is 1. The molecule has 0 unspecified atom stereocenters. The molecule has 0 saturated carbocycles. The zero-order chi connectivity index (χ0) is 14.0. The number of fused-ring (bicyclic) bond motifs is 1. The minimum atomic E-state index is 0.0861. The van der Waals surface area contributed by atoms with Crippen molar-refractivity contribution in [1.29, 1.82) is 0 Å². The number of nitrogens with one attached hydrogen (secondary N) is 1. The maximum atomic E-state index is 11.7. The molecule has 104 valence electrons. The van der Waals surface area contributed by atoms with Gasteiger partial charge in [0.05, 0.1) is 5.45 Å². The van der Waals surface area contributed by atoms with E-state index in [-0.39, 0.29) is 11.3 Å². The van der Waals surface area contributed by atoms with E-state index in [1.165, 1.54) is 11.1 Å². The Morgan fingerprint density at radius 2 is 2.11 bits per heavy atom. The molecule has 0 aliphatic carbocycles. The summed E-state index contributed by atoms with van der Waals surface area (Å²) in [5.41, 5.74) is 4.56. The van der Waals surface area contributed by atoms with Crippen LogP contribution in [0.25, 0.3) is 0 Å². The van der Waals surface area contributed by atoms with Crippen LogP contribution in [-0.4, -0.2) is 25.0 Å². The number of rotatable bonds is 4. The van der Waals surface area contributed by atoms with Crippen LogP contribution in [0, 0.1) is 0 Å². The molecular formula is C15H21BrN2O. The highest BCUT2D eigenvalue weighted by molar-refractivity contribution is 9.09. The van der Waals surface area contributed by atoms with Crippen molar-refractivity contribution in [3.63, 3.8) is 0 Å². The summed E-state index contributed by atoms with van der Waals surface area (Å²) in [4.78, 5) is 13.5. The van der Waals surface area contributed by atoms with Crippen LogP contribution in [0.4, 0.5) is 5.69 Å². The van der Waals surface area contributed by atoms with E-state index < -0.39 is 0 Å². The molecule has 1 aromatic rings. The molecule has 1 N–H and O–H groups in total. The molecule has 0 aromatic heterocycles. The maximum absolute atomic E-state index is 11.7. The van der Waals surface area contributed by atoms with Crippen molar-refractivity contribution in [3.8, 4) is 0 Å². The first kappa shape index (κ1) is 14.5. The number of halogens is 1. The van der Waals surface area contributed by atoms with Gasteiger partial charge in [-0.15, -0.1) is 0 Å². The van der Waals surface area contributed by atoms with Crippen LogP contribution in [0.5, 0.6) is 0 Å². The monoisotopic (exact) mass is 324 g/mol. The third-order valence-corrected chi connectivity index (χ3v) is 4.26. The predicted molar refractivity (Wildman–Crippen MR) is 83.0 cm³/mol. The van der Waals surface area contributed by atoms with Gasteiger partial charge in [0, 0.05) is 31.1 Å². The summed E-state index contributed by atoms with van der Waals surface area (Å²) in [6.07, 6.45) is 1.47. The fourth-order valence-corrected chi connectivity index (χ4v) is 2.74. The second-order valence-electron chi connectivity index (χ2n) is 5.74. The van der Waals surface area contributed by atoms with E-state index in [2.05, 4.69) is 53.3 Å². The molecule has 2 rings (SSSR count). The molecule has 19 heavy (non-hydrogen) atoms. The van der Waals surface area contributed by atoms with E-state index in [1.54, 1.807) is 4.90 Å². The Morgan fingerprint density at radius 3 is 2.79 bits per heavy atom. The van der Waals surface area contributed by atoms with Gasteiger partial charge < -0.3 is 10.2 Å². The lowest BCUT2D eigenvalue weighted by Crippen LogP contribution is -2.34. The number of hydrogen-bond donors (Lipinski definition) is 1. The summed E-state index contributed by atoms with van der Waals surface area (Å²) < 4.78 is 0. The predicted octanol–water partition coefficient (Wildman–Crippen LogP) is 2.82. The molecule has 0 saturated heterocycles. The van der Waals surface area contributed by atoms with E-state index >= 15 is 0 Å². The fraction of sp³-hybridized carbons (Fsp3) is 0.533. The standard InChI is InChI=1S/C15H21BrN2O/c1-15(2,9-17-10-16)12-5-6-13-11(8-12)4-7-14(19)18(13)3/h5-6,8,17H,4,7,9-10H2,1-3H3. The molecule has 0 bridgehead atoms. The first-order valence-corrected chi connectivity index (χ1v) is 7.74. The van der Waals surface area contributed by atoms with Crippen LogP contribution in [0.2, 0.25) is 0 Å². The lowest BCUT2D eigenvalue weighted by molar-refractivity contribution is -0.118. The molecule has 3 nitrogen and oxygen atoms in total. The van der Waals surface area contributed by atoms with Gasteiger partial charge in [-0.25, -0.2) is 0 Å². The van der Waals surface area contributed by atoms with Crippen LogP contribution in [0.15, 0.2) is 18.2 Å². The van der Waals surface area contributed by atoms with E-state index in [1.807, 2.05) is 7.05 Å². The SMILES string of the molecule is CN1C(=O)CCc2cc(C(C)(C)CNCBr)ccc21. The average molecular weight is 325 g/mol. The molecule has 1 aromatic carbocycles. The third kappa shape index (κ3) is 3.00. The van der Waals surface area contributed by atoms with Crippen LogP contribution in [-0.2, 0) is 16.6 Å². The number of hydrogen-bond acceptors (Lipinski definition) is 2. The number of nitrogens with zero attached hydrogens (tertiary/aromatic N) is 1. The van der Waals surface area contributed by atoms with Crippen LogP contribution < -0.4 is 10.2 Å². The topological polar surface area (TPSA) is 32.3 Å². The van der Waals surface area contributed by atoms with E-state index in [0.717, 1.165) is 24.1 Å². The fourth-order valence-electron chi connectivity index (χ4n) is 2.54. The van der Waals surface area contributed by atoms with Gasteiger partial charge in [0.25, 0.3) is 0 Å². The van der Waals surface area contributed by atoms with Gasteiger partial charge in [-0.2, -0.15) is 0 Å². The Hall–Kier alpha value is -0.870. The van der Waals surface area contributed by atoms with E-state index in [0.29, 0.717) is 6.42 Å². The molecule has 0 atom stereocenters. The van der Waals surface area contributed by atoms with Crippen molar-refractivity contribution in [2.24, 2.45) is 0 Å². The van der Waals surface area contributed by atoms with Crippen molar-refractivity contribution in [3.05, 3.63) is 29.3 Å². The van der Waals surface area contributed by atoms with Gasteiger partial charge in [-0.3, -0.25) is 4.79 Å². The second kappa shape index (κ2) is 5.63. The van der Waals surface area contributed by atoms with E-state index in [9.17, 15) is 4.79 Å². The summed E-state index contributed by atoms with van der Waals surface area (Å²) in [5, 5.41) is 3.34. The van der Waals surface area contributed by atoms with Crippen molar-refractivity contribution in [1.82, 2.24) is 5.32 Å². The number of alkyl halides is 1. The summed E-state index contributed by atoms with van der Waals surface area (Å²) >= 11 is 3.39. The summed E-state index contributed by atoms with van der Waals surface area (Å²) in [7, 11) is 1.86. The summed E-state index contributed by atoms with van der Waals surface area (Å²) in [6, 6.07) is 6.48. The first-order valence-electron chi connectivity index (χ1n) is 6.62. The van der Waals surface area contributed by atoms with Gasteiger partial charge >= 0.3 is 0 Å². The summed E-state index contributed by atoms with van der Waals surface area (Å²) in [5.74, 6) is 0.209. The molecule has 1 heterocycles. The molecule has 1 amide bonds. The van der Waals surface area contributed by atoms with Gasteiger partial charge in [-0.05, 0) is 23.6 Å². The van der Waals surface area contributed by atoms with Gasteiger partial charge in [-0.1, -0.05) is 41.9 Å². The second-order valence-corrected chi connectivity index (χ2v) is 6.30. The minimum absolute atomic E-state index is 0.0861. The average Bonchev–Trinajstić information content (AvgIpc) is 2.40. The van der Waals surface area contributed by atoms with E-state index in [4.69, 9.17) is 0 Å². The van der Waals surface area contributed by atoms with Crippen molar-refractivity contribution in [2.75, 3.05) is 23.9 Å². The molecule has 1 aliphatic heterocycles. The molecule has 0 spiro atoms. The molecule has 1 aliphatic rings. The Labute approximate surface area is 123 Å². The zero-order valence-electron chi connectivity index (χ0n) is 11.8. The Morgan fingerprint density at radius 1 is 1.37 bits per heavy atom. The van der Waals surface area contributed by atoms with Crippen LogP contribution >= 0.6 is 15.9 Å². The molecule has 0 radical (unpaired) electrons. The lowest BCUT2D eigenvalue weighted by Gasteiger charge is -2.30. The van der Waals surface area contributed by atoms with Crippen molar-refractivity contribution >= 4 is 27.5 Å². The molecule has 4 heteroatoms. The Bertz CT molecular complexity index is 485. The summed E-state index contributed by atoms with van der Waals surface area (Å²) in [6.45, 7) is 5.40.